The number of rotatable bonds is 7. The predicted octanol–water partition coefficient (Wildman–Crippen LogP) is 2.68. The molecule has 0 radical (unpaired) electrons. The van der Waals surface area contributed by atoms with Crippen molar-refractivity contribution in [3.05, 3.63) is 53.1 Å². The molecular formula is C19H21NO6. The Morgan fingerprint density at radius 2 is 1.54 bits per heavy atom. The van der Waals surface area contributed by atoms with Crippen LogP contribution in [0.2, 0.25) is 0 Å². The summed E-state index contributed by atoms with van der Waals surface area (Å²) >= 11 is 0. The van der Waals surface area contributed by atoms with Crippen molar-refractivity contribution in [3.8, 4) is 17.2 Å². The Hall–Kier alpha value is -3.22. The lowest BCUT2D eigenvalue weighted by molar-refractivity contribution is 0.0695. The summed E-state index contributed by atoms with van der Waals surface area (Å²) in [5, 5.41) is 8.94. The zero-order chi connectivity index (χ0) is 19.3. The first-order valence-corrected chi connectivity index (χ1v) is 7.79. The van der Waals surface area contributed by atoms with Gasteiger partial charge in [0.1, 0.15) is 0 Å². The number of hydrogen-bond donors (Lipinski definition) is 1. The number of ether oxygens (including phenoxy) is 3. The van der Waals surface area contributed by atoms with Gasteiger partial charge in [-0.1, -0.05) is 12.1 Å². The first-order valence-electron chi connectivity index (χ1n) is 7.79. The average Bonchev–Trinajstić information content (AvgIpc) is 2.66. The van der Waals surface area contributed by atoms with Crippen LogP contribution >= 0.6 is 0 Å². The smallest absolute Gasteiger partial charge is 0.335 e. The summed E-state index contributed by atoms with van der Waals surface area (Å²) in [6.45, 7) is 0.316. The van der Waals surface area contributed by atoms with Gasteiger partial charge in [0.05, 0.1) is 32.5 Å². The normalized spacial score (nSPS) is 10.2. The van der Waals surface area contributed by atoms with Gasteiger partial charge in [0.15, 0.2) is 11.5 Å². The maximum absolute atomic E-state index is 12.8. The molecule has 7 heteroatoms. The van der Waals surface area contributed by atoms with Gasteiger partial charge in [-0.2, -0.15) is 0 Å². The fourth-order valence-corrected chi connectivity index (χ4v) is 2.57. The van der Waals surface area contributed by atoms with Crippen molar-refractivity contribution in [2.45, 2.75) is 6.54 Å². The number of aromatic carboxylic acids is 1. The van der Waals surface area contributed by atoms with E-state index in [4.69, 9.17) is 19.3 Å². The maximum Gasteiger partial charge on any atom is 0.335 e. The van der Waals surface area contributed by atoms with Crippen molar-refractivity contribution in [2.24, 2.45) is 0 Å². The Labute approximate surface area is 151 Å². The molecule has 0 aliphatic carbocycles. The van der Waals surface area contributed by atoms with Gasteiger partial charge in [-0.15, -0.1) is 0 Å². The van der Waals surface area contributed by atoms with Crippen molar-refractivity contribution in [1.29, 1.82) is 0 Å². The van der Waals surface area contributed by atoms with Crippen molar-refractivity contribution in [3.63, 3.8) is 0 Å². The Balaban J connectivity index is 2.26. The van der Waals surface area contributed by atoms with Gasteiger partial charge in [0.2, 0.25) is 5.75 Å². The molecule has 0 saturated carbocycles. The highest BCUT2D eigenvalue weighted by molar-refractivity contribution is 5.98. The van der Waals surface area contributed by atoms with Crippen molar-refractivity contribution in [1.82, 2.24) is 4.90 Å². The third kappa shape index (κ3) is 3.88. The molecule has 2 aromatic carbocycles. The summed E-state index contributed by atoms with van der Waals surface area (Å²) in [6, 6.07) is 9.63. The van der Waals surface area contributed by atoms with Crippen molar-refractivity contribution >= 4 is 11.9 Å². The largest absolute Gasteiger partial charge is 0.493 e. The Morgan fingerprint density at radius 3 is 2.04 bits per heavy atom. The lowest BCUT2D eigenvalue weighted by Crippen LogP contribution is -2.26. The van der Waals surface area contributed by atoms with E-state index in [0.717, 1.165) is 5.56 Å². The minimum atomic E-state index is -0.990. The van der Waals surface area contributed by atoms with Gasteiger partial charge in [-0.05, 0) is 29.8 Å². The van der Waals surface area contributed by atoms with Gasteiger partial charge in [-0.25, -0.2) is 4.79 Å². The topological polar surface area (TPSA) is 85.3 Å². The molecule has 0 aliphatic heterocycles. The van der Waals surface area contributed by atoms with Crippen LogP contribution in [0.3, 0.4) is 0 Å². The number of carboxylic acid groups (broad SMARTS) is 1. The third-order valence-electron chi connectivity index (χ3n) is 3.90. The van der Waals surface area contributed by atoms with Crippen molar-refractivity contribution < 1.29 is 28.9 Å². The molecule has 0 atom stereocenters. The number of methoxy groups -OCH3 is 3. The van der Waals surface area contributed by atoms with Crippen LogP contribution in [-0.4, -0.2) is 50.3 Å². The van der Waals surface area contributed by atoms with Crippen LogP contribution in [0.5, 0.6) is 17.2 Å². The molecule has 0 bridgehead atoms. The van der Waals surface area contributed by atoms with Crippen LogP contribution < -0.4 is 14.2 Å². The molecule has 0 saturated heterocycles. The number of carboxylic acids is 1. The van der Waals surface area contributed by atoms with Crippen molar-refractivity contribution in [2.75, 3.05) is 28.4 Å². The minimum absolute atomic E-state index is 0.198. The Morgan fingerprint density at radius 1 is 0.923 bits per heavy atom. The Kier molecular flexibility index (Phi) is 6.06. The second-order valence-electron chi connectivity index (χ2n) is 5.55. The molecule has 2 aromatic rings. The summed E-state index contributed by atoms with van der Waals surface area (Å²) in [7, 11) is 6.09. The summed E-state index contributed by atoms with van der Waals surface area (Å²) in [6.07, 6.45) is 0. The molecule has 2 rings (SSSR count). The van der Waals surface area contributed by atoms with Gasteiger partial charge in [0.25, 0.3) is 5.91 Å². The van der Waals surface area contributed by atoms with Gasteiger partial charge in [0, 0.05) is 13.6 Å². The van der Waals surface area contributed by atoms with E-state index in [1.54, 1.807) is 31.3 Å². The highest BCUT2D eigenvalue weighted by Crippen LogP contribution is 2.40. The first kappa shape index (κ1) is 19.1. The molecule has 0 unspecified atom stereocenters. The summed E-state index contributed by atoms with van der Waals surface area (Å²) in [5.74, 6) is -0.140. The molecule has 1 amide bonds. The number of amides is 1. The van der Waals surface area contributed by atoms with E-state index >= 15 is 0 Å². The number of hydrogen-bond acceptors (Lipinski definition) is 5. The molecule has 26 heavy (non-hydrogen) atoms. The molecule has 7 nitrogen and oxygen atoms in total. The fourth-order valence-electron chi connectivity index (χ4n) is 2.57. The lowest BCUT2D eigenvalue weighted by atomic mass is 10.1. The Bertz CT molecular complexity index is 800. The molecule has 0 aromatic heterocycles. The van der Waals surface area contributed by atoms with Crippen LogP contribution in [0.4, 0.5) is 0 Å². The summed E-state index contributed by atoms with van der Waals surface area (Å²) < 4.78 is 15.9. The second-order valence-corrected chi connectivity index (χ2v) is 5.55. The number of nitrogens with zero attached hydrogens (tertiary/aromatic N) is 1. The van der Waals surface area contributed by atoms with E-state index in [0.29, 0.717) is 29.4 Å². The monoisotopic (exact) mass is 359 g/mol. The highest BCUT2D eigenvalue weighted by atomic mass is 16.5. The summed E-state index contributed by atoms with van der Waals surface area (Å²) in [5.41, 5.74) is 1.35. The molecule has 0 spiro atoms. The fraction of sp³-hybridized carbons (Fsp3) is 0.263. The number of carbonyl (C=O) groups excluding carboxylic acids is 1. The number of carbonyl (C=O) groups is 2. The molecule has 0 heterocycles. The molecule has 0 fully saturated rings. The van der Waals surface area contributed by atoms with E-state index in [1.165, 1.54) is 38.4 Å². The molecular weight excluding hydrogens is 338 g/mol. The molecule has 1 N–H and O–H groups in total. The van der Waals surface area contributed by atoms with E-state index in [-0.39, 0.29) is 11.5 Å². The van der Waals surface area contributed by atoms with Gasteiger partial charge < -0.3 is 24.2 Å². The maximum atomic E-state index is 12.8. The SMILES string of the molecule is COc1ccc(C(=O)N(C)Cc2ccc(C(=O)O)cc2)c(OC)c1OC. The summed E-state index contributed by atoms with van der Waals surface area (Å²) in [4.78, 5) is 25.3. The standard InChI is InChI=1S/C19H21NO6/c1-20(11-12-5-7-13(8-6-12)19(22)23)18(21)14-9-10-15(24-2)17(26-4)16(14)25-3/h5-10H,11H2,1-4H3,(H,22,23). The van der Waals surface area contributed by atoms with E-state index in [2.05, 4.69) is 0 Å². The zero-order valence-electron chi connectivity index (χ0n) is 15.1. The van der Waals surface area contributed by atoms with E-state index in [1.807, 2.05) is 0 Å². The minimum Gasteiger partial charge on any atom is -0.493 e. The molecule has 0 aliphatic rings. The second kappa shape index (κ2) is 8.24. The molecule has 138 valence electrons. The van der Waals surface area contributed by atoms with Crippen LogP contribution in [0, 0.1) is 0 Å². The van der Waals surface area contributed by atoms with Gasteiger partial charge in [-0.3, -0.25) is 4.79 Å². The lowest BCUT2D eigenvalue weighted by Gasteiger charge is -2.20. The van der Waals surface area contributed by atoms with E-state index < -0.39 is 5.97 Å². The highest BCUT2D eigenvalue weighted by Gasteiger charge is 2.23. The van der Waals surface area contributed by atoms with E-state index in [9.17, 15) is 9.59 Å². The zero-order valence-corrected chi connectivity index (χ0v) is 15.1. The first-order chi connectivity index (χ1) is 12.4. The average molecular weight is 359 g/mol. The van der Waals surface area contributed by atoms with Crippen LogP contribution in [0.25, 0.3) is 0 Å². The van der Waals surface area contributed by atoms with Gasteiger partial charge >= 0.3 is 5.97 Å². The quantitative estimate of drug-likeness (QED) is 0.818. The van der Waals surface area contributed by atoms with Crippen LogP contribution in [-0.2, 0) is 6.54 Å². The predicted molar refractivity (Wildman–Crippen MR) is 95.3 cm³/mol. The van der Waals surface area contributed by atoms with Crippen LogP contribution in [0.1, 0.15) is 26.3 Å². The van der Waals surface area contributed by atoms with Crippen LogP contribution in [0.15, 0.2) is 36.4 Å². The number of benzene rings is 2. The third-order valence-corrected chi connectivity index (χ3v) is 3.90.